The minimum Gasteiger partial charge on any atom is -0.633 e. The number of benzene rings is 1. The highest BCUT2D eigenvalue weighted by Crippen LogP contribution is 2.28. The van der Waals surface area contributed by atoms with Gasteiger partial charge in [0.25, 0.3) is 0 Å². The number of quaternary nitrogens is 1. The summed E-state index contributed by atoms with van der Waals surface area (Å²) in [5.74, 6) is -1.99. The third kappa shape index (κ3) is 10.1. The second-order valence-corrected chi connectivity index (χ2v) is 7.65. The highest BCUT2D eigenvalue weighted by molar-refractivity contribution is 9.10. The number of hydrogen-bond donors (Lipinski definition) is 2. The molecule has 0 saturated carbocycles. The van der Waals surface area contributed by atoms with Crippen molar-refractivity contribution in [3.05, 3.63) is 69.6 Å². The van der Waals surface area contributed by atoms with Gasteiger partial charge in [0.2, 0.25) is 0 Å². The van der Waals surface area contributed by atoms with Gasteiger partial charge in [-0.2, -0.15) is 0 Å². The summed E-state index contributed by atoms with van der Waals surface area (Å²) in [4.78, 5) is 23.7. The number of hydroxylamine groups is 3. The Morgan fingerprint density at radius 2 is 1.64 bits per heavy atom. The molecule has 8 heteroatoms. The SMILES string of the molecule is C[N+](C)([O-])CCC(c1ccc(Br)cc1)c1ccccn1.O=C(O)CCC(=O)O. The van der Waals surface area contributed by atoms with Gasteiger partial charge in [0.15, 0.2) is 0 Å². The van der Waals surface area contributed by atoms with Gasteiger partial charge in [0.1, 0.15) is 0 Å². The van der Waals surface area contributed by atoms with Crippen LogP contribution in [0.25, 0.3) is 0 Å². The maximum Gasteiger partial charge on any atom is 0.303 e. The first-order chi connectivity index (χ1) is 13.1. The second kappa shape index (κ2) is 11.5. The molecule has 2 rings (SSSR count). The van der Waals surface area contributed by atoms with Gasteiger partial charge in [-0.1, -0.05) is 34.1 Å². The van der Waals surface area contributed by atoms with Crippen LogP contribution >= 0.6 is 15.9 Å². The second-order valence-electron chi connectivity index (χ2n) is 6.73. The minimum absolute atomic E-state index is 0.163. The standard InChI is InChI=1S/C16H19BrN2O.C4H6O4/c1-19(2,20)12-10-15(16-5-3-4-11-18-16)13-6-8-14(17)9-7-13;5-3(6)1-2-4(7)8/h3-9,11,15H,10,12H2,1-2H3;1-2H2,(H,5,6)(H,7,8). The zero-order chi connectivity index (χ0) is 21.2. The van der Waals surface area contributed by atoms with Crippen LogP contribution in [0, 0.1) is 5.21 Å². The van der Waals surface area contributed by atoms with Crippen molar-refractivity contribution in [3.8, 4) is 0 Å². The van der Waals surface area contributed by atoms with Crippen LogP contribution < -0.4 is 0 Å². The summed E-state index contributed by atoms with van der Waals surface area (Å²) in [6.45, 7) is 0.567. The third-order valence-corrected chi connectivity index (χ3v) is 4.35. The number of aliphatic carboxylic acids is 2. The number of rotatable bonds is 8. The van der Waals surface area contributed by atoms with Crippen LogP contribution in [0.1, 0.15) is 36.4 Å². The molecule has 0 fully saturated rings. The molecule has 0 bridgehead atoms. The molecule has 0 radical (unpaired) electrons. The van der Waals surface area contributed by atoms with Crippen molar-refractivity contribution in [3.63, 3.8) is 0 Å². The van der Waals surface area contributed by atoms with Gasteiger partial charge < -0.3 is 20.1 Å². The summed E-state index contributed by atoms with van der Waals surface area (Å²) in [5.41, 5.74) is 2.21. The smallest absolute Gasteiger partial charge is 0.303 e. The molecule has 1 aromatic carbocycles. The molecule has 0 aliphatic carbocycles. The van der Waals surface area contributed by atoms with Gasteiger partial charge in [-0.15, -0.1) is 0 Å². The summed E-state index contributed by atoms with van der Waals surface area (Å²) >= 11 is 3.45. The average Bonchev–Trinajstić information content (AvgIpc) is 2.62. The molecule has 0 aliphatic heterocycles. The normalized spacial score (nSPS) is 11.9. The summed E-state index contributed by atoms with van der Waals surface area (Å²) in [7, 11) is 3.36. The van der Waals surface area contributed by atoms with Crippen molar-refractivity contribution in [1.82, 2.24) is 4.98 Å². The molecule has 1 atom stereocenters. The van der Waals surface area contributed by atoms with Crippen molar-refractivity contribution >= 4 is 27.9 Å². The zero-order valence-electron chi connectivity index (χ0n) is 15.9. The largest absolute Gasteiger partial charge is 0.633 e. The predicted molar refractivity (Wildman–Crippen MR) is 110 cm³/mol. The molecule has 0 aliphatic rings. The number of carbonyl (C=O) groups is 2. The highest BCUT2D eigenvalue weighted by atomic mass is 79.9. The van der Waals surface area contributed by atoms with Crippen LogP contribution in [0.3, 0.4) is 0 Å². The molecule has 28 heavy (non-hydrogen) atoms. The Morgan fingerprint density at radius 1 is 1.07 bits per heavy atom. The number of carboxylic acid groups (broad SMARTS) is 2. The van der Waals surface area contributed by atoms with E-state index in [1.54, 1.807) is 20.3 Å². The van der Waals surface area contributed by atoms with E-state index in [1.807, 2.05) is 30.3 Å². The van der Waals surface area contributed by atoms with Crippen LogP contribution in [0.15, 0.2) is 53.1 Å². The Morgan fingerprint density at radius 3 is 2.07 bits per heavy atom. The van der Waals surface area contributed by atoms with Crippen LogP contribution in [-0.4, -0.2) is 52.4 Å². The molecular formula is C20H25BrN2O5. The van der Waals surface area contributed by atoms with Gasteiger partial charge in [-0.25, -0.2) is 0 Å². The maximum absolute atomic E-state index is 11.8. The van der Waals surface area contributed by atoms with Crippen molar-refractivity contribution in [2.75, 3.05) is 20.6 Å². The fourth-order valence-electron chi connectivity index (χ4n) is 2.42. The van der Waals surface area contributed by atoms with E-state index in [4.69, 9.17) is 10.2 Å². The minimum atomic E-state index is -1.08. The van der Waals surface area contributed by atoms with E-state index >= 15 is 0 Å². The monoisotopic (exact) mass is 452 g/mol. The number of aromatic nitrogens is 1. The Hall–Kier alpha value is -2.29. The Kier molecular flexibility index (Phi) is 9.78. The highest BCUT2D eigenvalue weighted by Gasteiger charge is 2.18. The maximum atomic E-state index is 11.8. The molecule has 1 heterocycles. The van der Waals surface area contributed by atoms with E-state index in [0.29, 0.717) is 6.54 Å². The van der Waals surface area contributed by atoms with Gasteiger partial charge in [-0.05, 0) is 29.8 Å². The Balaban J connectivity index is 0.000000416. The van der Waals surface area contributed by atoms with E-state index in [2.05, 4.69) is 33.0 Å². The Labute approximate surface area is 172 Å². The average molecular weight is 453 g/mol. The van der Waals surface area contributed by atoms with Crippen molar-refractivity contribution < 1.29 is 24.4 Å². The van der Waals surface area contributed by atoms with E-state index in [9.17, 15) is 14.8 Å². The molecule has 2 aromatic rings. The van der Waals surface area contributed by atoms with Gasteiger partial charge in [0.05, 0.1) is 33.5 Å². The molecule has 0 spiro atoms. The number of hydrogen-bond acceptors (Lipinski definition) is 4. The van der Waals surface area contributed by atoms with E-state index in [0.717, 1.165) is 16.6 Å². The van der Waals surface area contributed by atoms with E-state index < -0.39 is 11.9 Å². The van der Waals surface area contributed by atoms with Crippen LogP contribution in [0.2, 0.25) is 0 Å². The third-order valence-electron chi connectivity index (χ3n) is 3.83. The van der Waals surface area contributed by atoms with Gasteiger partial charge in [0, 0.05) is 28.7 Å². The Bertz CT molecular complexity index is 731. The summed E-state index contributed by atoms with van der Waals surface area (Å²) in [6.07, 6.45) is 2.00. The van der Waals surface area contributed by atoms with E-state index in [-0.39, 0.29) is 23.4 Å². The number of halogens is 1. The van der Waals surface area contributed by atoms with Crippen LogP contribution in [0.4, 0.5) is 0 Å². The fraction of sp³-hybridized carbons (Fsp3) is 0.350. The molecule has 7 nitrogen and oxygen atoms in total. The molecule has 0 saturated heterocycles. The molecule has 1 aromatic heterocycles. The van der Waals surface area contributed by atoms with Gasteiger partial charge >= 0.3 is 11.9 Å². The number of carboxylic acids is 2. The van der Waals surface area contributed by atoms with Crippen molar-refractivity contribution in [2.24, 2.45) is 0 Å². The summed E-state index contributed by atoms with van der Waals surface area (Å²) in [5, 5.41) is 27.6. The van der Waals surface area contributed by atoms with Crippen molar-refractivity contribution in [2.45, 2.75) is 25.2 Å². The van der Waals surface area contributed by atoms with Crippen LogP contribution in [-0.2, 0) is 9.59 Å². The predicted octanol–water partition coefficient (Wildman–Crippen LogP) is 3.88. The lowest BCUT2D eigenvalue weighted by molar-refractivity contribution is -0.840. The summed E-state index contributed by atoms with van der Waals surface area (Å²) in [6, 6.07) is 14.2. The number of nitrogens with zero attached hydrogens (tertiary/aromatic N) is 2. The van der Waals surface area contributed by atoms with Crippen LogP contribution in [0.5, 0.6) is 0 Å². The van der Waals surface area contributed by atoms with E-state index in [1.165, 1.54) is 5.56 Å². The fourth-order valence-corrected chi connectivity index (χ4v) is 2.68. The molecule has 1 unspecified atom stereocenters. The summed E-state index contributed by atoms with van der Waals surface area (Å²) < 4.78 is 0.779. The molecular weight excluding hydrogens is 428 g/mol. The lowest BCUT2D eigenvalue weighted by Crippen LogP contribution is -2.34. The first kappa shape index (κ1) is 23.7. The topological polar surface area (TPSA) is 111 Å². The van der Waals surface area contributed by atoms with Crippen molar-refractivity contribution in [1.29, 1.82) is 0 Å². The molecule has 152 valence electrons. The van der Waals surface area contributed by atoms with Gasteiger partial charge in [-0.3, -0.25) is 14.6 Å². The number of pyridine rings is 1. The zero-order valence-corrected chi connectivity index (χ0v) is 17.5. The first-order valence-corrected chi connectivity index (χ1v) is 9.52. The molecule has 0 amide bonds. The molecule has 2 N–H and O–H groups in total. The quantitative estimate of drug-likeness (QED) is 0.464. The first-order valence-electron chi connectivity index (χ1n) is 8.72. The lowest BCUT2D eigenvalue weighted by Gasteiger charge is -2.35. The lowest BCUT2D eigenvalue weighted by atomic mass is 9.92.